The number of ether oxygens (including phenoxy) is 1. The van der Waals surface area contributed by atoms with Crippen molar-refractivity contribution in [3.05, 3.63) is 366 Å². The SMILES string of the molecule is CCOC(=O)Nc1ccc(/C=C/c2cc(C)c(O)c(F)c2)cc1.Cc1cc(/C=C/c2ccc(-c3ccn(C)n3)cc2)cc(F)c1O.Cc1cc(/C=C/c2ccc(-c3nn[nH]n3)cc2)cc(F)c1O.Cc1cc(/C=C/c2ccc(NC(=O)NC(C)C)cc2)cc(F)c1O.Cc1cc(/C=C/c2ccc(NS(C)(=O)=O)cc2)cc(F)c1O.Cc1cc(/C=C/c2ccc(S(=O)(=O)NC3CC3)cc2)cc(F)c1O. The number of sulfonamides is 2. The summed E-state index contributed by atoms with van der Waals surface area (Å²) >= 11 is 0. The molecular weight excluding hydrogens is 1810 g/mol. The summed E-state index contributed by atoms with van der Waals surface area (Å²) in [6, 6.07) is 63.0. The minimum Gasteiger partial charge on any atom is -0.505 e. The van der Waals surface area contributed by atoms with Crippen molar-refractivity contribution in [2.75, 3.05) is 28.2 Å². The molecule has 32 heteroatoms. The lowest BCUT2D eigenvalue weighted by Gasteiger charge is -2.10. The molecule has 0 bridgehead atoms. The van der Waals surface area contributed by atoms with Gasteiger partial charge in [0.1, 0.15) is 0 Å². The summed E-state index contributed by atoms with van der Waals surface area (Å²) in [5.41, 5.74) is 17.0. The van der Waals surface area contributed by atoms with Crippen molar-refractivity contribution in [3.8, 4) is 57.1 Å². The number of hydrogen-bond donors (Lipinski definition) is 12. The van der Waals surface area contributed by atoms with Crippen LogP contribution in [0.1, 0.15) is 134 Å². The van der Waals surface area contributed by atoms with E-state index in [0.29, 0.717) is 96.3 Å². The highest BCUT2D eigenvalue weighted by Crippen LogP contribution is 2.32. The Labute approximate surface area is 796 Å². The molecule has 12 N–H and O–H groups in total. The van der Waals surface area contributed by atoms with Crippen LogP contribution in [0.5, 0.6) is 34.5 Å². The fraction of sp³-hybridized carbons (Fsp3) is 0.151. The zero-order valence-electron chi connectivity index (χ0n) is 77.0. The smallest absolute Gasteiger partial charge is 0.411 e. The Morgan fingerprint density at radius 2 is 0.725 bits per heavy atom. The lowest BCUT2D eigenvalue weighted by molar-refractivity contribution is 0.168. The number of hydrogen-bond acceptors (Lipinski definition) is 17. The van der Waals surface area contributed by atoms with E-state index in [-0.39, 0.29) is 57.5 Å². The summed E-state index contributed by atoms with van der Waals surface area (Å²) in [7, 11) is -4.85. The third-order valence-corrected chi connectivity index (χ3v) is 22.4. The number of carbonyl (C=O) groups excluding carboxylic acids is 2. The van der Waals surface area contributed by atoms with Gasteiger partial charge in [0, 0.05) is 53.5 Å². The summed E-state index contributed by atoms with van der Waals surface area (Å²) in [4.78, 5) is 23.1. The number of halogens is 6. The molecule has 3 amide bonds. The van der Waals surface area contributed by atoms with Crippen LogP contribution in [0.4, 0.5) is 53.0 Å². The van der Waals surface area contributed by atoms with E-state index in [2.05, 4.69) is 51.1 Å². The van der Waals surface area contributed by atoms with E-state index >= 15 is 0 Å². The van der Waals surface area contributed by atoms with Crippen LogP contribution in [0, 0.1) is 76.4 Å². The number of aromatic nitrogens is 6. The molecule has 2 heterocycles. The summed E-state index contributed by atoms with van der Waals surface area (Å²) in [5, 5.41) is 82.7. The number of anilines is 3. The number of nitrogens with one attached hydrogen (secondary N) is 6. The van der Waals surface area contributed by atoms with Crippen LogP contribution in [0.3, 0.4) is 0 Å². The average Bonchev–Trinajstić information content (AvgIpc) is 1.61. The Bertz CT molecular complexity index is 6880. The lowest BCUT2D eigenvalue weighted by atomic mass is 10.1. The Morgan fingerprint density at radius 1 is 0.428 bits per heavy atom. The van der Waals surface area contributed by atoms with Gasteiger partial charge in [-0.05, 0) is 308 Å². The molecular formula is C106H103F6N11O13S2. The predicted octanol–water partition coefficient (Wildman–Crippen LogP) is 23.6. The Kier molecular flexibility index (Phi) is 36.7. The molecule has 1 aliphatic rings. The molecule has 0 radical (unpaired) electrons. The summed E-state index contributed by atoms with van der Waals surface area (Å²) in [5.74, 6) is -5.20. The van der Waals surface area contributed by atoms with Crippen molar-refractivity contribution in [1.82, 2.24) is 40.4 Å². The number of nitrogens with zero attached hydrogens (tertiary/aromatic N) is 5. The first-order valence-electron chi connectivity index (χ1n) is 43.0. The van der Waals surface area contributed by atoms with E-state index in [1.54, 1.807) is 205 Å². The lowest BCUT2D eigenvalue weighted by Crippen LogP contribution is -2.34. The number of phenols is 6. The maximum Gasteiger partial charge on any atom is 0.411 e. The van der Waals surface area contributed by atoms with Gasteiger partial charge in [-0.2, -0.15) is 10.3 Å². The number of amides is 3. The first kappa shape index (κ1) is 104. The number of rotatable bonds is 23. The van der Waals surface area contributed by atoms with Crippen molar-refractivity contribution in [3.63, 3.8) is 0 Å². The topological polar surface area (TPSA) is 365 Å². The Hall–Kier alpha value is -16.1. The second-order valence-corrected chi connectivity index (χ2v) is 35.6. The van der Waals surface area contributed by atoms with Gasteiger partial charge in [-0.3, -0.25) is 14.7 Å². The number of urea groups is 1. The van der Waals surface area contributed by atoms with Crippen LogP contribution in [0.15, 0.2) is 236 Å². The van der Waals surface area contributed by atoms with Gasteiger partial charge in [0.25, 0.3) is 0 Å². The zero-order valence-corrected chi connectivity index (χ0v) is 78.6. The highest BCUT2D eigenvalue weighted by molar-refractivity contribution is 7.92. The molecule has 1 saturated carbocycles. The van der Waals surface area contributed by atoms with E-state index < -0.39 is 61.0 Å². The molecule has 138 heavy (non-hydrogen) atoms. The first-order chi connectivity index (χ1) is 65.6. The quantitative estimate of drug-likeness (QED) is 0.0209. The molecule has 0 atom stereocenters. The number of tetrazole rings is 1. The second-order valence-electron chi connectivity index (χ2n) is 32.2. The Balaban J connectivity index is 0.000000171. The van der Waals surface area contributed by atoms with Crippen LogP contribution in [0.2, 0.25) is 0 Å². The van der Waals surface area contributed by atoms with E-state index in [0.717, 1.165) is 69.3 Å². The number of aryl methyl sites for hydroxylation is 7. The number of H-pyrrole nitrogens is 1. The Morgan fingerprint density at radius 3 is 1.00 bits per heavy atom. The average molecular weight is 1920 g/mol. The molecule has 0 saturated heterocycles. The van der Waals surface area contributed by atoms with Crippen LogP contribution in [-0.2, 0) is 31.8 Å². The first-order valence-corrected chi connectivity index (χ1v) is 46.4. The van der Waals surface area contributed by atoms with Gasteiger partial charge in [0.2, 0.25) is 25.9 Å². The van der Waals surface area contributed by atoms with Crippen LogP contribution in [0.25, 0.3) is 95.6 Å². The van der Waals surface area contributed by atoms with Crippen LogP contribution in [-0.4, -0.2) is 115 Å². The number of benzene rings is 12. The highest BCUT2D eigenvalue weighted by atomic mass is 32.2. The van der Waals surface area contributed by atoms with Crippen LogP contribution >= 0.6 is 0 Å². The van der Waals surface area contributed by atoms with E-state index in [4.69, 9.17) is 4.74 Å². The van der Waals surface area contributed by atoms with Crippen molar-refractivity contribution in [2.24, 2.45) is 7.05 Å². The van der Waals surface area contributed by atoms with Crippen molar-refractivity contribution < 1.29 is 88.1 Å². The summed E-state index contributed by atoms with van der Waals surface area (Å²) < 4.78 is 139. The molecule has 14 aromatic rings. The van der Waals surface area contributed by atoms with E-state index in [1.807, 2.05) is 136 Å². The van der Waals surface area contributed by atoms with Gasteiger partial charge in [-0.15, -0.1) is 10.2 Å². The highest BCUT2D eigenvalue weighted by Gasteiger charge is 2.28. The summed E-state index contributed by atoms with van der Waals surface area (Å²) in [6.07, 6.45) is 25.8. The standard InChI is InChI=1S/C19H21FN2O2.C19H17FN2O.C18H18FNO3S.C18H18FNO3.C16H13FN4O.C16H16FNO3S/c1-12(2)21-19(24)22-16-8-6-14(7-9-16)4-5-15-10-13(3)18(23)17(20)11-15;1-13-11-15(12-17(20)19(13)23)4-3-14-5-7-16(8-6-14)18-9-10-22(2)21-18;1-12-10-14(11-17(19)18(12)21)3-2-13-4-8-16(9-5-13)24(22,23)20-15-6-7-15;1-3-23-18(22)20-15-8-6-13(7-9-15)4-5-14-10-12(2)17(21)16(19)11-14;1-10-8-12(9-14(17)15(10)22)3-2-11-4-6-13(7-5-11)16-18-20-21-19-16;1-11-9-13(10-15(17)16(11)19)4-3-12-5-7-14(8-6-12)18-22(2,20)21/h4-12,23H,1-3H3,(H2,21,22,24);3-12,23H,1-2H3;2-5,8-11,15,20-21H,6-7H2,1H3;4-11,21H,3H2,1-2H3,(H,20,22);2-9,22H,1H3,(H,18,19,20,21);3-10,18-19H,1-2H3/b5-4+;4-3+;3-2+;5-4+;3-2+;4-3+. The molecule has 0 spiro atoms. The van der Waals surface area contributed by atoms with Crippen molar-refractivity contribution in [1.29, 1.82) is 0 Å². The summed E-state index contributed by atoms with van der Waals surface area (Å²) in [6.45, 7) is 15.7. The monoisotopic (exact) mass is 1920 g/mol. The third kappa shape index (κ3) is 32.7. The van der Waals surface area contributed by atoms with Gasteiger partial charge >= 0.3 is 12.1 Å². The van der Waals surface area contributed by atoms with E-state index in [9.17, 15) is 83.4 Å². The third-order valence-electron chi connectivity index (χ3n) is 20.2. The fourth-order valence-electron chi connectivity index (χ4n) is 12.9. The number of phenolic OH excluding ortho intramolecular Hbond substituents is 6. The second kappa shape index (κ2) is 48.7. The molecule has 2 aromatic heterocycles. The van der Waals surface area contributed by atoms with Gasteiger partial charge in [0.15, 0.2) is 69.4 Å². The maximum absolute atomic E-state index is 13.5. The van der Waals surface area contributed by atoms with Crippen molar-refractivity contribution >= 4 is 122 Å². The maximum atomic E-state index is 13.5. The minimum atomic E-state index is -3.45. The largest absolute Gasteiger partial charge is 0.505 e. The molecule has 24 nitrogen and oxygen atoms in total. The molecule has 0 aliphatic heterocycles. The molecule has 1 fully saturated rings. The van der Waals surface area contributed by atoms with Gasteiger partial charge in [-0.25, -0.2) is 57.5 Å². The molecule has 0 unspecified atom stereocenters. The van der Waals surface area contributed by atoms with Crippen molar-refractivity contribution in [2.45, 2.75) is 92.1 Å². The molecule has 1 aliphatic carbocycles. The molecule has 12 aromatic carbocycles. The van der Waals surface area contributed by atoms with E-state index in [1.165, 1.54) is 36.4 Å². The van der Waals surface area contributed by atoms with Gasteiger partial charge in [-0.1, -0.05) is 170 Å². The fourth-order valence-corrected chi connectivity index (χ4v) is 14.7. The number of aromatic amines is 1. The predicted molar refractivity (Wildman–Crippen MR) is 534 cm³/mol. The zero-order chi connectivity index (χ0) is 100. The molecule has 15 rings (SSSR count). The molecule has 714 valence electrons. The normalized spacial score (nSPS) is 11.9. The van der Waals surface area contributed by atoms with Gasteiger partial charge < -0.3 is 46.0 Å². The minimum absolute atomic E-state index is 0.0707. The number of carbonyl (C=O) groups is 2. The van der Waals surface area contributed by atoms with Gasteiger partial charge in [0.05, 0.1) is 23.5 Å². The number of aromatic hydroxyl groups is 6. The van der Waals surface area contributed by atoms with Crippen LogP contribution < -0.4 is 25.4 Å².